The van der Waals surface area contributed by atoms with Crippen LogP contribution in [0, 0.1) is 5.82 Å². The van der Waals surface area contributed by atoms with Crippen LogP contribution >= 0.6 is 27.5 Å². The molecule has 0 atom stereocenters. The third-order valence-corrected chi connectivity index (χ3v) is 2.75. The molecule has 0 saturated carbocycles. The van der Waals surface area contributed by atoms with Crippen molar-refractivity contribution in [2.24, 2.45) is 0 Å². The Morgan fingerprint density at radius 1 is 1.58 bits per heavy atom. The minimum Gasteiger partial charge on any atom is -0.380 e. The number of ether oxygens (including phenoxy) is 1. The summed E-state index contributed by atoms with van der Waals surface area (Å²) in [6.45, 7) is 0.185. The van der Waals surface area contributed by atoms with Crippen molar-refractivity contribution >= 4 is 27.5 Å². The Balaban J connectivity index is 3.14. The van der Waals surface area contributed by atoms with Gasteiger partial charge in [0, 0.05) is 17.1 Å². The van der Waals surface area contributed by atoms with Crippen molar-refractivity contribution in [1.29, 1.82) is 0 Å². The highest BCUT2D eigenvalue weighted by Crippen LogP contribution is 2.28. The van der Waals surface area contributed by atoms with Crippen molar-refractivity contribution in [2.75, 3.05) is 7.11 Å². The summed E-state index contributed by atoms with van der Waals surface area (Å²) >= 11 is 9.01. The van der Waals surface area contributed by atoms with Gasteiger partial charge < -0.3 is 4.74 Å². The van der Waals surface area contributed by atoms with Crippen LogP contribution in [0.1, 0.15) is 5.56 Å². The Kier molecular flexibility index (Phi) is 3.50. The minimum absolute atomic E-state index is 0.185. The quantitative estimate of drug-likeness (QED) is 0.734. The second kappa shape index (κ2) is 4.21. The molecule has 0 radical (unpaired) electrons. The second-order valence-electron chi connectivity index (χ2n) is 2.25. The number of methoxy groups -OCH3 is 1. The van der Waals surface area contributed by atoms with Gasteiger partial charge in [-0.1, -0.05) is 11.6 Å². The molecule has 1 rings (SSSR count). The zero-order valence-electron chi connectivity index (χ0n) is 6.40. The molecule has 0 N–H and O–H groups in total. The standard InChI is InChI=1S/C8H7BrClFO/c1-12-4-5-7(11)3-2-6(9)8(5)10/h2-3H,4H2,1H3. The first-order valence-corrected chi connectivity index (χ1v) is 4.45. The molecule has 1 aromatic rings. The normalized spacial score (nSPS) is 10.3. The topological polar surface area (TPSA) is 9.23 Å². The zero-order chi connectivity index (χ0) is 9.14. The Morgan fingerprint density at radius 3 is 2.83 bits per heavy atom. The van der Waals surface area contributed by atoms with Crippen molar-refractivity contribution in [3.63, 3.8) is 0 Å². The predicted octanol–water partition coefficient (Wildman–Crippen LogP) is 3.39. The molecule has 4 heteroatoms. The first kappa shape index (κ1) is 9.96. The molecule has 12 heavy (non-hydrogen) atoms. The summed E-state index contributed by atoms with van der Waals surface area (Å²) in [7, 11) is 1.50. The molecule has 0 spiro atoms. The lowest BCUT2D eigenvalue weighted by Crippen LogP contribution is -1.94. The fourth-order valence-electron chi connectivity index (χ4n) is 0.846. The second-order valence-corrected chi connectivity index (χ2v) is 3.49. The molecular formula is C8H7BrClFO. The molecule has 0 amide bonds. The maximum Gasteiger partial charge on any atom is 0.130 e. The van der Waals surface area contributed by atoms with E-state index in [9.17, 15) is 4.39 Å². The van der Waals surface area contributed by atoms with Gasteiger partial charge in [-0.05, 0) is 28.1 Å². The summed E-state index contributed by atoms with van der Waals surface area (Å²) in [6, 6.07) is 2.92. The van der Waals surface area contributed by atoms with Gasteiger partial charge in [-0.25, -0.2) is 4.39 Å². The van der Waals surface area contributed by atoms with E-state index < -0.39 is 0 Å². The molecule has 0 aliphatic carbocycles. The average molecular weight is 253 g/mol. The fourth-order valence-corrected chi connectivity index (χ4v) is 1.43. The first-order valence-electron chi connectivity index (χ1n) is 3.28. The summed E-state index contributed by atoms with van der Waals surface area (Å²) in [5, 5.41) is 0.372. The van der Waals surface area contributed by atoms with Crippen LogP contribution in [0.2, 0.25) is 5.02 Å². The third-order valence-electron chi connectivity index (χ3n) is 1.43. The highest BCUT2D eigenvalue weighted by atomic mass is 79.9. The summed E-state index contributed by atoms with van der Waals surface area (Å²) in [5.41, 5.74) is 0.383. The fraction of sp³-hybridized carbons (Fsp3) is 0.250. The van der Waals surface area contributed by atoms with E-state index in [1.807, 2.05) is 0 Å². The zero-order valence-corrected chi connectivity index (χ0v) is 8.75. The van der Waals surface area contributed by atoms with E-state index in [0.717, 1.165) is 0 Å². The van der Waals surface area contributed by atoms with E-state index >= 15 is 0 Å². The molecule has 0 heterocycles. The van der Waals surface area contributed by atoms with Gasteiger partial charge in [-0.3, -0.25) is 0 Å². The molecule has 1 nitrogen and oxygen atoms in total. The highest BCUT2D eigenvalue weighted by molar-refractivity contribution is 9.10. The highest BCUT2D eigenvalue weighted by Gasteiger charge is 2.09. The number of rotatable bonds is 2. The van der Waals surface area contributed by atoms with Crippen LogP contribution in [0.3, 0.4) is 0 Å². The van der Waals surface area contributed by atoms with Crippen molar-refractivity contribution in [2.45, 2.75) is 6.61 Å². The molecule has 0 aliphatic rings. The molecule has 66 valence electrons. The maximum absolute atomic E-state index is 13.0. The third kappa shape index (κ3) is 1.97. The molecule has 0 aromatic heterocycles. The van der Waals surface area contributed by atoms with Crippen molar-refractivity contribution in [3.05, 3.63) is 33.0 Å². The van der Waals surface area contributed by atoms with Gasteiger partial charge in [0.15, 0.2) is 0 Å². The predicted molar refractivity (Wildman–Crippen MR) is 49.8 cm³/mol. The first-order chi connectivity index (χ1) is 5.66. The van der Waals surface area contributed by atoms with Gasteiger partial charge in [0.2, 0.25) is 0 Å². The molecule has 1 aromatic carbocycles. The summed E-state index contributed by atoms with van der Waals surface area (Å²) in [5.74, 6) is -0.343. The molecule has 0 fully saturated rings. The number of halogens is 3. The number of hydrogen-bond acceptors (Lipinski definition) is 1. The lowest BCUT2D eigenvalue weighted by Gasteiger charge is -2.05. The van der Waals surface area contributed by atoms with Crippen molar-refractivity contribution in [3.8, 4) is 0 Å². The Morgan fingerprint density at radius 2 is 2.25 bits per heavy atom. The molecule has 0 saturated heterocycles. The lowest BCUT2D eigenvalue weighted by atomic mass is 10.2. The van der Waals surface area contributed by atoms with E-state index in [1.165, 1.54) is 13.2 Å². The molecule has 0 unspecified atom stereocenters. The Hall–Kier alpha value is -0.120. The largest absolute Gasteiger partial charge is 0.380 e. The summed E-state index contributed by atoms with van der Waals surface area (Å²) in [6.07, 6.45) is 0. The van der Waals surface area contributed by atoms with Gasteiger partial charge in [0.1, 0.15) is 5.82 Å². The number of hydrogen-bond donors (Lipinski definition) is 0. The van der Waals surface area contributed by atoms with Gasteiger partial charge in [-0.2, -0.15) is 0 Å². The Bertz CT molecular complexity index is 291. The molecule has 0 bridgehead atoms. The van der Waals surface area contributed by atoms with Gasteiger partial charge in [0.05, 0.1) is 11.6 Å². The van der Waals surface area contributed by atoms with Crippen LogP contribution in [0.4, 0.5) is 4.39 Å². The SMILES string of the molecule is COCc1c(F)ccc(Br)c1Cl. The van der Waals surface area contributed by atoms with E-state index in [1.54, 1.807) is 6.07 Å². The lowest BCUT2D eigenvalue weighted by molar-refractivity contribution is 0.181. The van der Waals surface area contributed by atoms with E-state index in [2.05, 4.69) is 15.9 Å². The van der Waals surface area contributed by atoms with Gasteiger partial charge in [0.25, 0.3) is 0 Å². The van der Waals surface area contributed by atoms with Crippen LogP contribution in [0.15, 0.2) is 16.6 Å². The Labute approximate surface area is 83.6 Å². The van der Waals surface area contributed by atoms with E-state index in [4.69, 9.17) is 16.3 Å². The van der Waals surface area contributed by atoms with Gasteiger partial charge >= 0.3 is 0 Å². The van der Waals surface area contributed by atoms with Crippen LogP contribution in [0.25, 0.3) is 0 Å². The van der Waals surface area contributed by atoms with Gasteiger partial charge in [-0.15, -0.1) is 0 Å². The minimum atomic E-state index is -0.343. The molecule has 0 aliphatic heterocycles. The average Bonchev–Trinajstić information content (AvgIpc) is 2.06. The van der Waals surface area contributed by atoms with E-state index in [0.29, 0.717) is 15.1 Å². The van der Waals surface area contributed by atoms with Crippen LogP contribution in [0.5, 0.6) is 0 Å². The van der Waals surface area contributed by atoms with Crippen LogP contribution < -0.4 is 0 Å². The number of benzene rings is 1. The van der Waals surface area contributed by atoms with E-state index in [-0.39, 0.29) is 12.4 Å². The van der Waals surface area contributed by atoms with Crippen LogP contribution in [-0.4, -0.2) is 7.11 Å². The monoisotopic (exact) mass is 252 g/mol. The van der Waals surface area contributed by atoms with Crippen molar-refractivity contribution in [1.82, 2.24) is 0 Å². The smallest absolute Gasteiger partial charge is 0.130 e. The van der Waals surface area contributed by atoms with Crippen LogP contribution in [-0.2, 0) is 11.3 Å². The maximum atomic E-state index is 13.0. The molecular weight excluding hydrogens is 246 g/mol. The summed E-state index contributed by atoms with van der Waals surface area (Å²) < 4.78 is 18.5. The summed E-state index contributed by atoms with van der Waals surface area (Å²) in [4.78, 5) is 0. The van der Waals surface area contributed by atoms with Crippen molar-refractivity contribution < 1.29 is 9.13 Å².